The molecule has 0 saturated heterocycles. The van der Waals surface area contributed by atoms with Crippen LogP contribution in [0.15, 0.2) is 88.4 Å². The Bertz CT molecular complexity index is 1850. The quantitative estimate of drug-likeness (QED) is 0.190. The largest absolute Gasteiger partial charge is 0.573 e. The number of amides is 2. The van der Waals surface area contributed by atoms with E-state index in [0.29, 0.717) is 28.4 Å². The van der Waals surface area contributed by atoms with E-state index in [2.05, 4.69) is 24.8 Å². The van der Waals surface area contributed by atoms with Crippen molar-refractivity contribution in [3.8, 4) is 28.5 Å². The molecule has 8 nitrogen and oxygen atoms in total. The number of carbonyl (C=O) groups is 1. The van der Waals surface area contributed by atoms with Crippen molar-refractivity contribution in [2.45, 2.75) is 40.5 Å². The maximum atomic E-state index is 12.8. The Morgan fingerprint density at radius 1 is 0.977 bits per heavy atom. The van der Waals surface area contributed by atoms with Crippen LogP contribution >= 0.6 is 11.3 Å². The summed E-state index contributed by atoms with van der Waals surface area (Å²) in [6.07, 6.45) is -2.82. The molecule has 0 N–H and O–H groups in total. The van der Waals surface area contributed by atoms with Gasteiger partial charge in [0.2, 0.25) is 0 Å². The number of ether oxygens (including phenoxy) is 1. The highest BCUT2D eigenvalue weighted by Gasteiger charge is 2.31. The van der Waals surface area contributed by atoms with Gasteiger partial charge in [-0.2, -0.15) is 4.99 Å². The third kappa shape index (κ3) is 7.15. The fraction of sp³-hybridized carbons (Fsp3) is 0.194. The van der Waals surface area contributed by atoms with Crippen molar-refractivity contribution >= 4 is 23.1 Å². The summed E-state index contributed by atoms with van der Waals surface area (Å²) >= 11 is 1.40. The van der Waals surface area contributed by atoms with Gasteiger partial charge in [0.05, 0.1) is 11.4 Å². The van der Waals surface area contributed by atoms with Gasteiger partial charge in [0, 0.05) is 28.8 Å². The molecule has 0 aliphatic carbocycles. The van der Waals surface area contributed by atoms with E-state index in [4.69, 9.17) is 0 Å². The van der Waals surface area contributed by atoms with E-state index in [1.54, 1.807) is 6.92 Å². The van der Waals surface area contributed by atoms with Gasteiger partial charge >= 0.3 is 12.4 Å². The van der Waals surface area contributed by atoms with Crippen LogP contribution in [0.25, 0.3) is 22.8 Å². The molecule has 0 spiro atoms. The average Bonchev–Trinajstić information content (AvgIpc) is 3.56. The first-order chi connectivity index (χ1) is 20.5. The highest BCUT2D eigenvalue weighted by atomic mass is 32.1. The first kappa shape index (κ1) is 29.6. The molecule has 2 heterocycles. The maximum absolute atomic E-state index is 12.8. The smallest absolute Gasteiger partial charge is 0.406 e. The van der Waals surface area contributed by atoms with Gasteiger partial charge in [0.1, 0.15) is 12.1 Å². The Balaban J connectivity index is 1.27. The van der Waals surface area contributed by atoms with Crippen LogP contribution in [0.3, 0.4) is 0 Å². The number of rotatable bonds is 6. The molecule has 5 aromatic rings. The lowest BCUT2D eigenvalue weighted by Crippen LogP contribution is -2.18. The summed E-state index contributed by atoms with van der Waals surface area (Å²) in [5, 5.41) is 6.40. The van der Waals surface area contributed by atoms with Crippen LogP contribution in [0.2, 0.25) is 0 Å². The zero-order valence-electron chi connectivity index (χ0n) is 23.8. The Morgan fingerprint density at radius 3 is 2.30 bits per heavy atom. The lowest BCUT2D eigenvalue weighted by atomic mass is 10.1. The molecule has 12 heteroatoms. The van der Waals surface area contributed by atoms with E-state index in [-0.39, 0.29) is 5.75 Å². The molecule has 0 atom stereocenters. The Labute approximate surface area is 249 Å². The third-order valence-electron chi connectivity index (χ3n) is 6.52. The third-order valence-corrected chi connectivity index (χ3v) is 7.46. The predicted molar refractivity (Wildman–Crippen MR) is 159 cm³/mol. The van der Waals surface area contributed by atoms with Gasteiger partial charge in [-0.05, 0) is 68.7 Å². The molecule has 5 rings (SSSR count). The highest BCUT2D eigenvalue weighted by Crippen LogP contribution is 2.24. The highest BCUT2D eigenvalue weighted by molar-refractivity contribution is 7.07. The number of aryl methyl sites for hydroxylation is 3. The Hall–Kier alpha value is -4.84. The molecule has 220 valence electrons. The van der Waals surface area contributed by atoms with Crippen molar-refractivity contribution in [1.82, 2.24) is 19.3 Å². The number of carbonyl (C=O) groups excluding carboxylic acids is 1. The second-order valence-electron chi connectivity index (χ2n) is 9.91. The fourth-order valence-electron chi connectivity index (χ4n) is 4.60. The van der Waals surface area contributed by atoms with Gasteiger partial charge in [0.25, 0.3) is 0 Å². The minimum absolute atomic E-state index is 0.316. The van der Waals surface area contributed by atoms with Crippen LogP contribution in [0.4, 0.5) is 18.0 Å². The molecule has 0 radical (unpaired) electrons. The molecular weight excluding hydrogens is 577 g/mol. The van der Waals surface area contributed by atoms with Crippen LogP contribution in [0, 0.1) is 20.8 Å². The molecule has 2 amide bonds. The van der Waals surface area contributed by atoms with Crippen molar-refractivity contribution in [2.24, 2.45) is 9.98 Å². The zero-order chi connectivity index (χ0) is 30.7. The molecular formula is C31H27F3N6O2S. The second-order valence-corrected chi connectivity index (χ2v) is 10.7. The number of nitrogens with zero attached hydrogens (tertiary/aromatic N) is 6. The minimum atomic E-state index is -4.75. The Morgan fingerprint density at radius 2 is 1.65 bits per heavy atom. The lowest BCUT2D eigenvalue weighted by Gasteiger charge is -2.12. The predicted octanol–water partition coefficient (Wildman–Crippen LogP) is 7.33. The van der Waals surface area contributed by atoms with Crippen LogP contribution in [0.5, 0.6) is 5.75 Å². The SMILES string of the molecule is CC(Cc1ccc(-c2ncn(-c3ccc(OC(F)(F)F)cc3)n2)cc1)=NC(=O)N=c1scc(C)n1-c1c(C)cccc1C. The topological polar surface area (TPSA) is 86.7 Å². The summed E-state index contributed by atoms with van der Waals surface area (Å²) in [5.74, 6) is 0.133. The molecule has 43 heavy (non-hydrogen) atoms. The van der Waals surface area contributed by atoms with E-state index in [9.17, 15) is 18.0 Å². The molecule has 0 fully saturated rings. The van der Waals surface area contributed by atoms with Crippen LogP contribution in [-0.2, 0) is 6.42 Å². The van der Waals surface area contributed by atoms with E-state index < -0.39 is 12.4 Å². The summed E-state index contributed by atoms with van der Waals surface area (Å²) < 4.78 is 44.6. The first-order valence-electron chi connectivity index (χ1n) is 13.2. The fourth-order valence-corrected chi connectivity index (χ4v) is 5.45. The number of aliphatic imine (C=N–C) groups is 1. The molecule has 2 aromatic heterocycles. The van der Waals surface area contributed by atoms with Crippen molar-refractivity contribution in [1.29, 1.82) is 0 Å². The van der Waals surface area contributed by atoms with Gasteiger partial charge in [-0.1, -0.05) is 42.5 Å². The monoisotopic (exact) mass is 604 g/mol. The number of halogens is 3. The average molecular weight is 605 g/mol. The number of alkyl halides is 3. The number of para-hydroxylation sites is 1. The zero-order valence-corrected chi connectivity index (χ0v) is 24.6. The molecule has 0 aliphatic heterocycles. The van der Waals surface area contributed by atoms with E-state index in [1.807, 2.05) is 73.2 Å². The Kier molecular flexibility index (Phi) is 8.40. The maximum Gasteiger partial charge on any atom is 0.573 e. The van der Waals surface area contributed by atoms with Gasteiger partial charge < -0.3 is 4.74 Å². The summed E-state index contributed by atoms with van der Waals surface area (Å²) in [6.45, 7) is 7.84. The van der Waals surface area contributed by atoms with Crippen molar-refractivity contribution in [2.75, 3.05) is 0 Å². The first-order valence-corrected chi connectivity index (χ1v) is 14.1. The van der Waals surface area contributed by atoms with Crippen molar-refractivity contribution in [3.05, 3.63) is 106 Å². The minimum Gasteiger partial charge on any atom is -0.406 e. The van der Waals surface area contributed by atoms with Gasteiger partial charge in [-0.25, -0.2) is 19.5 Å². The summed E-state index contributed by atoms with van der Waals surface area (Å²) in [4.78, 5) is 26.2. The van der Waals surface area contributed by atoms with Gasteiger partial charge in [0.15, 0.2) is 10.6 Å². The molecule has 0 aliphatic rings. The van der Waals surface area contributed by atoms with Crippen molar-refractivity contribution < 1.29 is 22.7 Å². The second kappa shape index (κ2) is 12.2. The molecule has 0 unspecified atom stereocenters. The lowest BCUT2D eigenvalue weighted by molar-refractivity contribution is -0.274. The summed E-state index contributed by atoms with van der Waals surface area (Å²) in [5.41, 5.74) is 7.03. The molecule has 0 saturated carbocycles. The van der Waals surface area contributed by atoms with E-state index >= 15 is 0 Å². The molecule has 0 bridgehead atoms. The number of aromatic nitrogens is 4. The van der Waals surface area contributed by atoms with Crippen LogP contribution in [-0.4, -0.2) is 37.4 Å². The van der Waals surface area contributed by atoms with E-state index in [1.165, 1.54) is 46.6 Å². The number of hydrogen-bond donors (Lipinski definition) is 0. The number of urea groups is 1. The van der Waals surface area contributed by atoms with Crippen LogP contribution < -0.4 is 9.54 Å². The van der Waals surface area contributed by atoms with Crippen molar-refractivity contribution in [3.63, 3.8) is 0 Å². The standard InChI is InChI=1S/C31H27F3N6O2S/c1-19-6-5-7-20(2)27(19)40-22(4)17-43-30(40)37-29(41)36-21(3)16-23-8-10-24(11-9-23)28-35-18-39(38-28)25-12-14-26(15-13-25)42-31(32,33)34/h5-15,17-18H,16H2,1-4H3. The number of thiazole rings is 1. The van der Waals surface area contributed by atoms with Gasteiger partial charge in [-0.3, -0.25) is 4.57 Å². The van der Waals surface area contributed by atoms with Gasteiger partial charge in [-0.15, -0.1) is 29.6 Å². The number of hydrogen-bond acceptors (Lipinski definition) is 5. The summed E-state index contributed by atoms with van der Waals surface area (Å²) in [7, 11) is 0. The number of benzene rings is 3. The molecule has 3 aromatic carbocycles. The summed E-state index contributed by atoms with van der Waals surface area (Å²) in [6, 6.07) is 18.4. The van der Waals surface area contributed by atoms with Crippen LogP contribution in [0.1, 0.15) is 29.3 Å². The van der Waals surface area contributed by atoms with E-state index in [0.717, 1.165) is 33.6 Å². The normalized spacial score (nSPS) is 12.5.